The van der Waals surface area contributed by atoms with Gasteiger partial charge < -0.3 is 4.74 Å². The van der Waals surface area contributed by atoms with Crippen LogP contribution >= 0.6 is 0 Å². The zero-order valence-corrected chi connectivity index (χ0v) is 15.0. The smallest absolute Gasteiger partial charge is 0.320 e. The maximum atomic E-state index is 11.5. The first-order valence-corrected chi connectivity index (χ1v) is 8.58. The topological polar surface area (TPSA) is 32.8 Å². The predicted molar refractivity (Wildman–Crippen MR) is 93.5 cm³/mol. The molecule has 0 amide bonds. The quantitative estimate of drug-likeness (QED) is 0.782. The van der Waals surface area contributed by atoms with Crippen molar-refractivity contribution in [2.75, 3.05) is 39.3 Å². The molecule has 0 N–H and O–H groups in total. The molecule has 2 rings (SSSR count). The Balaban J connectivity index is 1.84. The summed E-state index contributed by atoms with van der Waals surface area (Å²) in [6.07, 6.45) is 0. The number of hydrogen-bond donors (Lipinski definition) is 0. The van der Waals surface area contributed by atoms with Gasteiger partial charge in [-0.1, -0.05) is 45.0 Å². The first-order valence-electron chi connectivity index (χ1n) is 8.58. The summed E-state index contributed by atoms with van der Waals surface area (Å²) < 4.78 is 5.02. The lowest BCUT2D eigenvalue weighted by Crippen LogP contribution is -2.47. The predicted octanol–water partition coefficient (Wildman–Crippen LogP) is 2.66. The third-order valence-corrected chi connectivity index (χ3v) is 4.32. The van der Waals surface area contributed by atoms with Crippen molar-refractivity contribution in [2.45, 2.75) is 39.7 Å². The third-order valence-electron chi connectivity index (χ3n) is 4.32. The monoisotopic (exact) mass is 318 g/mol. The molecule has 0 radical (unpaired) electrons. The Hall–Kier alpha value is -1.39. The second-order valence-corrected chi connectivity index (χ2v) is 7.31. The summed E-state index contributed by atoms with van der Waals surface area (Å²) in [6, 6.07) is 8.90. The number of rotatable bonds is 5. The average molecular weight is 318 g/mol. The van der Waals surface area contributed by atoms with Crippen molar-refractivity contribution >= 4 is 5.97 Å². The Bertz CT molecular complexity index is 514. The van der Waals surface area contributed by atoms with Crippen molar-refractivity contribution in [3.05, 3.63) is 35.4 Å². The molecule has 0 unspecified atom stereocenters. The van der Waals surface area contributed by atoms with E-state index in [1.165, 1.54) is 11.1 Å². The zero-order chi connectivity index (χ0) is 16.9. The molecule has 1 fully saturated rings. The summed E-state index contributed by atoms with van der Waals surface area (Å²) >= 11 is 0. The van der Waals surface area contributed by atoms with E-state index in [2.05, 4.69) is 54.8 Å². The molecular formula is C19H30N2O2. The Labute approximate surface area is 140 Å². The molecule has 0 aliphatic carbocycles. The van der Waals surface area contributed by atoms with Gasteiger partial charge in [-0.25, -0.2) is 0 Å². The van der Waals surface area contributed by atoms with Gasteiger partial charge in [-0.15, -0.1) is 0 Å². The largest absolute Gasteiger partial charge is 0.465 e. The van der Waals surface area contributed by atoms with Gasteiger partial charge in [0.25, 0.3) is 0 Å². The van der Waals surface area contributed by atoms with Crippen molar-refractivity contribution in [2.24, 2.45) is 0 Å². The highest BCUT2D eigenvalue weighted by molar-refractivity contribution is 5.71. The van der Waals surface area contributed by atoms with Crippen LogP contribution in [0.15, 0.2) is 24.3 Å². The van der Waals surface area contributed by atoms with Crippen LogP contribution in [0.4, 0.5) is 0 Å². The number of benzene rings is 1. The van der Waals surface area contributed by atoms with Gasteiger partial charge in [-0.3, -0.25) is 14.6 Å². The summed E-state index contributed by atoms with van der Waals surface area (Å²) in [6.45, 7) is 14.3. The fraction of sp³-hybridized carbons (Fsp3) is 0.632. The Morgan fingerprint density at radius 2 is 1.78 bits per heavy atom. The van der Waals surface area contributed by atoms with Crippen LogP contribution in [0.1, 0.15) is 38.8 Å². The molecule has 1 aromatic carbocycles. The van der Waals surface area contributed by atoms with Crippen LogP contribution in [0.5, 0.6) is 0 Å². The van der Waals surface area contributed by atoms with E-state index in [0.29, 0.717) is 13.2 Å². The SMILES string of the molecule is CCOC(=O)CN1CCN(Cc2cccc(C(C)(C)C)c2)CC1. The second-order valence-electron chi connectivity index (χ2n) is 7.31. The summed E-state index contributed by atoms with van der Waals surface area (Å²) in [7, 11) is 0. The lowest BCUT2D eigenvalue weighted by molar-refractivity contribution is -0.144. The minimum absolute atomic E-state index is 0.112. The van der Waals surface area contributed by atoms with Crippen molar-refractivity contribution in [1.29, 1.82) is 0 Å². The Morgan fingerprint density at radius 1 is 1.13 bits per heavy atom. The molecule has 1 aliphatic rings. The molecule has 0 saturated carbocycles. The molecule has 1 heterocycles. The summed E-state index contributed by atoms with van der Waals surface area (Å²) in [5.41, 5.74) is 2.95. The summed E-state index contributed by atoms with van der Waals surface area (Å²) in [5, 5.41) is 0. The molecule has 0 aromatic heterocycles. The highest BCUT2D eigenvalue weighted by Crippen LogP contribution is 2.23. The molecule has 0 spiro atoms. The standard InChI is InChI=1S/C19H30N2O2/c1-5-23-18(22)15-21-11-9-20(10-12-21)14-16-7-6-8-17(13-16)19(2,3)4/h6-8,13H,5,9-12,14-15H2,1-4H3. The Kier molecular flexibility index (Phi) is 6.19. The van der Waals surface area contributed by atoms with Crippen molar-refractivity contribution < 1.29 is 9.53 Å². The molecule has 4 nitrogen and oxygen atoms in total. The second kappa shape index (κ2) is 7.93. The number of ether oxygens (including phenoxy) is 1. The molecule has 1 aromatic rings. The van der Waals surface area contributed by atoms with Crippen LogP contribution in [-0.2, 0) is 21.5 Å². The number of hydrogen-bond acceptors (Lipinski definition) is 4. The van der Waals surface area contributed by atoms with E-state index in [9.17, 15) is 4.79 Å². The van der Waals surface area contributed by atoms with Crippen LogP contribution in [0, 0.1) is 0 Å². The molecule has 0 bridgehead atoms. The number of esters is 1. The van der Waals surface area contributed by atoms with Gasteiger partial charge in [-0.2, -0.15) is 0 Å². The molecule has 0 atom stereocenters. The average Bonchev–Trinajstić information content (AvgIpc) is 2.49. The van der Waals surface area contributed by atoms with E-state index in [4.69, 9.17) is 4.74 Å². The van der Waals surface area contributed by atoms with Gasteiger partial charge in [0.15, 0.2) is 0 Å². The maximum Gasteiger partial charge on any atom is 0.320 e. The molecule has 4 heteroatoms. The summed E-state index contributed by atoms with van der Waals surface area (Å²) in [5.74, 6) is -0.112. The van der Waals surface area contributed by atoms with Gasteiger partial charge in [0.1, 0.15) is 0 Å². The molecule has 1 aliphatic heterocycles. The fourth-order valence-corrected chi connectivity index (χ4v) is 2.89. The number of carbonyl (C=O) groups is 1. The third kappa shape index (κ3) is 5.63. The first kappa shape index (κ1) is 18.0. The highest BCUT2D eigenvalue weighted by atomic mass is 16.5. The van der Waals surface area contributed by atoms with E-state index < -0.39 is 0 Å². The minimum Gasteiger partial charge on any atom is -0.465 e. The minimum atomic E-state index is -0.112. The van der Waals surface area contributed by atoms with Crippen LogP contribution in [-0.4, -0.2) is 55.1 Å². The van der Waals surface area contributed by atoms with Crippen LogP contribution in [0.3, 0.4) is 0 Å². The normalized spacial score (nSPS) is 17.2. The molecule has 128 valence electrons. The Morgan fingerprint density at radius 3 is 2.39 bits per heavy atom. The van der Waals surface area contributed by atoms with Crippen molar-refractivity contribution in [1.82, 2.24) is 9.80 Å². The molecule has 1 saturated heterocycles. The van der Waals surface area contributed by atoms with Gasteiger partial charge >= 0.3 is 5.97 Å². The van der Waals surface area contributed by atoms with Gasteiger partial charge in [0.2, 0.25) is 0 Å². The lowest BCUT2D eigenvalue weighted by Gasteiger charge is -2.34. The van der Waals surface area contributed by atoms with Gasteiger partial charge in [-0.05, 0) is 23.5 Å². The molecule has 23 heavy (non-hydrogen) atoms. The van der Waals surface area contributed by atoms with Crippen molar-refractivity contribution in [3.63, 3.8) is 0 Å². The zero-order valence-electron chi connectivity index (χ0n) is 15.0. The van der Waals surface area contributed by atoms with E-state index >= 15 is 0 Å². The van der Waals surface area contributed by atoms with E-state index in [1.807, 2.05) is 6.92 Å². The number of carbonyl (C=O) groups excluding carboxylic acids is 1. The van der Waals surface area contributed by atoms with Gasteiger partial charge in [0, 0.05) is 32.7 Å². The van der Waals surface area contributed by atoms with E-state index in [1.54, 1.807) is 0 Å². The number of piperazine rings is 1. The summed E-state index contributed by atoms with van der Waals surface area (Å²) in [4.78, 5) is 16.2. The van der Waals surface area contributed by atoms with Crippen LogP contribution in [0.25, 0.3) is 0 Å². The lowest BCUT2D eigenvalue weighted by atomic mass is 9.86. The van der Waals surface area contributed by atoms with Crippen molar-refractivity contribution in [3.8, 4) is 0 Å². The maximum absolute atomic E-state index is 11.5. The van der Waals surface area contributed by atoms with Gasteiger partial charge in [0.05, 0.1) is 13.2 Å². The van der Waals surface area contributed by atoms with E-state index in [0.717, 1.165) is 32.7 Å². The first-order chi connectivity index (χ1) is 10.9. The highest BCUT2D eigenvalue weighted by Gasteiger charge is 2.20. The van der Waals surface area contributed by atoms with E-state index in [-0.39, 0.29) is 11.4 Å². The van der Waals surface area contributed by atoms with Crippen LogP contribution < -0.4 is 0 Å². The fourth-order valence-electron chi connectivity index (χ4n) is 2.89. The van der Waals surface area contributed by atoms with Crippen LogP contribution in [0.2, 0.25) is 0 Å². The number of nitrogens with zero attached hydrogens (tertiary/aromatic N) is 2. The molecular weight excluding hydrogens is 288 g/mol.